The number of anilines is 1. The van der Waals surface area contributed by atoms with Crippen LogP contribution in [0, 0.1) is 11.3 Å². The normalized spacial score (nSPS) is 10.7. The molecule has 1 heterocycles. The van der Waals surface area contributed by atoms with Crippen LogP contribution in [0.25, 0.3) is 11.3 Å². The number of halogens is 2. The highest BCUT2D eigenvalue weighted by molar-refractivity contribution is 6.35. The van der Waals surface area contributed by atoms with E-state index in [2.05, 4.69) is 20.5 Å². The quantitative estimate of drug-likeness (QED) is 0.258. The Bertz CT molecular complexity index is 1410. The summed E-state index contributed by atoms with van der Waals surface area (Å²) in [4.78, 5) is 19.2. The maximum absolute atomic E-state index is 12.3. The van der Waals surface area contributed by atoms with Crippen molar-refractivity contribution in [2.45, 2.75) is 6.61 Å². The number of hydrogen-bond acceptors (Lipinski definition) is 6. The maximum Gasteiger partial charge on any atom is 0.270 e. The van der Waals surface area contributed by atoms with Crippen LogP contribution in [0.2, 0.25) is 10.0 Å². The number of nitriles is 1. The van der Waals surface area contributed by atoms with Crippen molar-refractivity contribution in [3.05, 3.63) is 110 Å². The van der Waals surface area contributed by atoms with E-state index in [-0.39, 0.29) is 23.8 Å². The number of H-pyrrole nitrogens is 1. The van der Waals surface area contributed by atoms with Gasteiger partial charge in [-0.25, -0.2) is 10.4 Å². The number of nitrogens with one attached hydrogen (secondary N) is 2. The first-order chi connectivity index (χ1) is 16.5. The molecule has 2 N–H and O–H groups in total. The lowest BCUT2D eigenvalue weighted by atomic mass is 10.1. The average molecular weight is 490 g/mol. The summed E-state index contributed by atoms with van der Waals surface area (Å²) in [5.41, 5.74) is 4.54. The molecule has 1 aromatic heterocycles. The fourth-order valence-corrected chi connectivity index (χ4v) is 3.59. The van der Waals surface area contributed by atoms with Crippen molar-refractivity contribution < 1.29 is 4.74 Å². The van der Waals surface area contributed by atoms with Crippen molar-refractivity contribution >= 4 is 35.4 Å². The Balaban J connectivity index is 1.43. The first kappa shape index (κ1) is 23.1. The number of aromatic amines is 1. The van der Waals surface area contributed by atoms with Gasteiger partial charge in [-0.2, -0.15) is 10.4 Å². The molecule has 0 radical (unpaired) electrons. The molecular weight excluding hydrogens is 473 g/mol. The van der Waals surface area contributed by atoms with Crippen LogP contribution in [0.4, 0.5) is 5.95 Å². The van der Waals surface area contributed by atoms with Gasteiger partial charge >= 0.3 is 0 Å². The highest BCUT2D eigenvalue weighted by Gasteiger charge is 2.12. The minimum atomic E-state index is -0.547. The lowest BCUT2D eigenvalue weighted by Gasteiger charge is -2.09. The Hall–Kier alpha value is -4.12. The standard InChI is InChI=1S/C25H17Cl2N5O2/c26-21-7-4-8-22(27)20(21)15-34-18-11-9-16(10-12-18)14-29-32-25-30-23(17-5-2-1-3-6-17)19(13-28)24(33)31-25/h1-12,14H,15H2,(H2,30,31,32,33). The van der Waals surface area contributed by atoms with Crippen LogP contribution >= 0.6 is 23.2 Å². The molecule has 0 aliphatic carbocycles. The summed E-state index contributed by atoms with van der Waals surface area (Å²) in [7, 11) is 0. The zero-order valence-electron chi connectivity index (χ0n) is 17.6. The number of hydrazone groups is 1. The number of rotatable bonds is 7. The van der Waals surface area contributed by atoms with E-state index in [1.54, 1.807) is 60.8 Å². The van der Waals surface area contributed by atoms with Gasteiger partial charge in [-0.3, -0.25) is 9.78 Å². The topological polar surface area (TPSA) is 103 Å². The van der Waals surface area contributed by atoms with Gasteiger partial charge in [-0.15, -0.1) is 0 Å². The molecular formula is C25H17Cl2N5O2. The van der Waals surface area contributed by atoms with Gasteiger partial charge < -0.3 is 4.74 Å². The number of benzene rings is 3. The molecule has 0 spiro atoms. The molecule has 168 valence electrons. The van der Waals surface area contributed by atoms with Crippen LogP contribution in [0.15, 0.2) is 82.7 Å². The van der Waals surface area contributed by atoms with Crippen molar-refractivity contribution in [1.82, 2.24) is 9.97 Å². The largest absolute Gasteiger partial charge is 0.489 e. The summed E-state index contributed by atoms with van der Waals surface area (Å²) in [6.45, 7) is 0.245. The van der Waals surface area contributed by atoms with Gasteiger partial charge in [-0.05, 0) is 42.0 Å². The van der Waals surface area contributed by atoms with Crippen molar-refractivity contribution in [2.24, 2.45) is 5.10 Å². The molecule has 0 saturated heterocycles. The van der Waals surface area contributed by atoms with Gasteiger partial charge in [0.2, 0.25) is 5.95 Å². The van der Waals surface area contributed by atoms with Crippen LogP contribution in [-0.4, -0.2) is 16.2 Å². The van der Waals surface area contributed by atoms with Gasteiger partial charge in [0, 0.05) is 21.2 Å². The van der Waals surface area contributed by atoms with E-state index in [9.17, 15) is 10.1 Å². The van der Waals surface area contributed by atoms with Crippen molar-refractivity contribution in [2.75, 3.05) is 5.43 Å². The second-order valence-corrected chi connectivity index (χ2v) is 7.86. The number of ether oxygens (including phenoxy) is 1. The molecule has 0 amide bonds. The molecule has 0 unspecified atom stereocenters. The zero-order valence-corrected chi connectivity index (χ0v) is 19.1. The Morgan fingerprint density at radius 2 is 1.74 bits per heavy atom. The van der Waals surface area contributed by atoms with E-state index in [1.165, 1.54) is 0 Å². The third-order valence-electron chi connectivity index (χ3n) is 4.79. The van der Waals surface area contributed by atoms with E-state index in [0.29, 0.717) is 21.4 Å². The fraction of sp³-hybridized carbons (Fsp3) is 0.0400. The van der Waals surface area contributed by atoms with Crippen molar-refractivity contribution in [3.8, 4) is 23.1 Å². The van der Waals surface area contributed by atoms with Crippen LogP contribution in [-0.2, 0) is 6.61 Å². The Labute approximate surface area is 205 Å². The van der Waals surface area contributed by atoms with Gasteiger partial charge in [0.25, 0.3) is 5.56 Å². The average Bonchev–Trinajstić information content (AvgIpc) is 2.85. The molecule has 0 bridgehead atoms. The van der Waals surface area contributed by atoms with Gasteiger partial charge in [0.15, 0.2) is 0 Å². The van der Waals surface area contributed by atoms with Crippen molar-refractivity contribution in [1.29, 1.82) is 5.26 Å². The third-order valence-corrected chi connectivity index (χ3v) is 5.50. The van der Waals surface area contributed by atoms with Gasteiger partial charge in [-0.1, -0.05) is 59.6 Å². The molecule has 4 aromatic rings. The minimum Gasteiger partial charge on any atom is -0.489 e. The van der Waals surface area contributed by atoms with Gasteiger partial charge in [0.05, 0.1) is 11.9 Å². The van der Waals surface area contributed by atoms with E-state index in [1.807, 2.05) is 24.3 Å². The molecule has 0 aliphatic rings. The Kier molecular flexibility index (Phi) is 7.23. The molecule has 9 heteroatoms. The van der Waals surface area contributed by atoms with Gasteiger partial charge in [0.1, 0.15) is 24.0 Å². The Morgan fingerprint density at radius 1 is 1.03 bits per heavy atom. The van der Waals surface area contributed by atoms with Crippen LogP contribution in [0.3, 0.4) is 0 Å². The fourth-order valence-electron chi connectivity index (χ4n) is 3.08. The summed E-state index contributed by atoms with van der Waals surface area (Å²) in [5, 5.41) is 14.6. The summed E-state index contributed by atoms with van der Waals surface area (Å²) in [6, 6.07) is 23.4. The maximum atomic E-state index is 12.3. The van der Waals surface area contributed by atoms with E-state index in [0.717, 1.165) is 11.1 Å². The predicted octanol–water partition coefficient (Wildman–Crippen LogP) is 5.64. The lowest BCUT2D eigenvalue weighted by Crippen LogP contribution is -2.16. The molecule has 0 aliphatic heterocycles. The smallest absolute Gasteiger partial charge is 0.270 e. The van der Waals surface area contributed by atoms with E-state index in [4.69, 9.17) is 27.9 Å². The minimum absolute atomic E-state index is 0.0607. The Morgan fingerprint density at radius 3 is 2.41 bits per heavy atom. The van der Waals surface area contributed by atoms with Crippen molar-refractivity contribution in [3.63, 3.8) is 0 Å². The predicted molar refractivity (Wildman–Crippen MR) is 133 cm³/mol. The summed E-state index contributed by atoms with van der Waals surface area (Å²) < 4.78 is 5.77. The molecule has 0 fully saturated rings. The second kappa shape index (κ2) is 10.7. The summed E-state index contributed by atoms with van der Waals surface area (Å²) in [6.07, 6.45) is 1.56. The number of aromatic nitrogens is 2. The zero-order chi connectivity index (χ0) is 23.9. The molecule has 0 atom stereocenters. The van der Waals surface area contributed by atoms with E-state index >= 15 is 0 Å². The third kappa shape index (κ3) is 5.44. The SMILES string of the molecule is N#Cc1c(-c2ccccc2)nc(NN=Cc2ccc(OCc3c(Cl)cccc3Cl)cc2)[nH]c1=O. The molecule has 4 rings (SSSR count). The van der Waals surface area contributed by atoms with Crippen LogP contribution in [0.1, 0.15) is 16.7 Å². The first-order valence-electron chi connectivity index (χ1n) is 10.1. The monoisotopic (exact) mass is 489 g/mol. The van der Waals surface area contributed by atoms with E-state index < -0.39 is 5.56 Å². The highest BCUT2D eigenvalue weighted by atomic mass is 35.5. The molecule has 7 nitrogen and oxygen atoms in total. The van der Waals surface area contributed by atoms with Crippen LogP contribution < -0.4 is 15.7 Å². The number of nitrogens with zero attached hydrogens (tertiary/aromatic N) is 3. The molecule has 34 heavy (non-hydrogen) atoms. The molecule has 0 saturated carbocycles. The lowest BCUT2D eigenvalue weighted by molar-refractivity contribution is 0.306. The summed E-state index contributed by atoms with van der Waals surface area (Å²) >= 11 is 12.3. The molecule has 3 aromatic carbocycles. The summed E-state index contributed by atoms with van der Waals surface area (Å²) in [5.74, 6) is 0.766. The van der Waals surface area contributed by atoms with Crippen LogP contribution in [0.5, 0.6) is 5.75 Å². The highest BCUT2D eigenvalue weighted by Crippen LogP contribution is 2.26. The number of hydrogen-bond donors (Lipinski definition) is 2. The second-order valence-electron chi connectivity index (χ2n) is 7.04. The first-order valence-corrected chi connectivity index (χ1v) is 10.9.